The maximum absolute atomic E-state index is 12.0. The highest BCUT2D eigenvalue weighted by Crippen LogP contribution is 2.26. The molecule has 1 N–H and O–H groups in total. The minimum atomic E-state index is -0.698. The average Bonchev–Trinajstić information content (AvgIpc) is 2.66. The monoisotopic (exact) mass is 374 g/mol. The Hall–Kier alpha value is -2.86. The number of benzene rings is 2. The Balaban J connectivity index is 1.89. The lowest BCUT2D eigenvalue weighted by Gasteiger charge is -2.19. The normalized spacial score (nSPS) is 10.1. The van der Waals surface area contributed by atoms with Crippen LogP contribution in [0, 0.1) is 0 Å². The van der Waals surface area contributed by atoms with E-state index in [0.29, 0.717) is 22.9 Å². The fourth-order valence-corrected chi connectivity index (χ4v) is 2.57. The zero-order chi connectivity index (χ0) is 18.9. The number of para-hydroxylation sites is 2. The van der Waals surface area contributed by atoms with E-state index in [2.05, 4.69) is 5.32 Å². The van der Waals surface area contributed by atoms with Crippen LogP contribution in [0.3, 0.4) is 0 Å². The Morgan fingerprint density at radius 2 is 1.96 bits per heavy atom. The van der Waals surface area contributed by atoms with Crippen LogP contribution in [0.15, 0.2) is 48.5 Å². The van der Waals surface area contributed by atoms with Crippen molar-refractivity contribution in [3.8, 4) is 5.75 Å². The minimum absolute atomic E-state index is 0.0767. The second-order valence-corrected chi connectivity index (χ2v) is 5.89. The van der Waals surface area contributed by atoms with E-state index in [4.69, 9.17) is 16.3 Å². The van der Waals surface area contributed by atoms with Gasteiger partial charge < -0.3 is 15.0 Å². The second kappa shape index (κ2) is 9.58. The highest BCUT2D eigenvalue weighted by Gasteiger charge is 2.17. The number of methoxy groups -OCH3 is 1. The Morgan fingerprint density at radius 1 is 1.19 bits per heavy atom. The van der Waals surface area contributed by atoms with Gasteiger partial charge >= 0.3 is 0 Å². The molecule has 0 aromatic heterocycles. The van der Waals surface area contributed by atoms with Gasteiger partial charge in [0.05, 0.1) is 12.8 Å². The number of ketones is 1. The molecule has 0 bridgehead atoms. The molecule has 0 atom stereocenters. The maximum atomic E-state index is 12.0. The van der Waals surface area contributed by atoms with Crippen molar-refractivity contribution < 1.29 is 19.1 Å². The van der Waals surface area contributed by atoms with Crippen molar-refractivity contribution in [2.24, 2.45) is 0 Å². The first-order valence-electron chi connectivity index (χ1n) is 7.95. The fourth-order valence-electron chi connectivity index (χ4n) is 2.36. The Bertz CT molecular complexity index is 795. The van der Waals surface area contributed by atoms with Crippen molar-refractivity contribution in [2.75, 3.05) is 18.6 Å². The van der Waals surface area contributed by atoms with Crippen LogP contribution < -0.4 is 15.0 Å². The van der Waals surface area contributed by atoms with Gasteiger partial charge in [0.15, 0.2) is 0 Å². The lowest BCUT2D eigenvalue weighted by molar-refractivity contribution is -0.137. The van der Waals surface area contributed by atoms with E-state index < -0.39 is 11.7 Å². The van der Waals surface area contributed by atoms with Gasteiger partial charge in [-0.25, -0.2) is 0 Å². The van der Waals surface area contributed by atoms with Gasteiger partial charge in [-0.3, -0.25) is 14.4 Å². The summed E-state index contributed by atoms with van der Waals surface area (Å²) in [6, 6.07) is 14.0. The van der Waals surface area contributed by atoms with Gasteiger partial charge in [0.1, 0.15) is 5.75 Å². The lowest BCUT2D eigenvalue weighted by atomic mass is 10.2. The quantitative estimate of drug-likeness (QED) is 0.540. The predicted molar refractivity (Wildman–Crippen MR) is 99.3 cm³/mol. The summed E-state index contributed by atoms with van der Waals surface area (Å²) >= 11 is 5.88. The number of hydrogen-bond acceptors (Lipinski definition) is 4. The molecule has 0 spiro atoms. The summed E-state index contributed by atoms with van der Waals surface area (Å²) in [7, 11) is 1.50. The third-order valence-electron chi connectivity index (χ3n) is 3.70. The summed E-state index contributed by atoms with van der Waals surface area (Å²) in [6.07, 6.45) is 0.507. The van der Waals surface area contributed by atoms with Gasteiger partial charge in [-0.05, 0) is 29.8 Å². The van der Waals surface area contributed by atoms with E-state index in [1.54, 1.807) is 48.5 Å². The summed E-state index contributed by atoms with van der Waals surface area (Å²) in [6.45, 7) is 0.280. The topological polar surface area (TPSA) is 75.7 Å². The predicted octanol–water partition coefficient (Wildman–Crippen LogP) is 2.59. The highest BCUT2D eigenvalue weighted by atomic mass is 35.5. The van der Waals surface area contributed by atoms with Crippen molar-refractivity contribution in [2.45, 2.75) is 13.0 Å². The van der Waals surface area contributed by atoms with Crippen molar-refractivity contribution in [1.29, 1.82) is 0 Å². The number of anilines is 1. The van der Waals surface area contributed by atoms with E-state index in [1.165, 1.54) is 12.0 Å². The molecule has 0 unspecified atom stereocenters. The number of ether oxygens (including phenoxy) is 1. The molecule has 2 amide bonds. The van der Waals surface area contributed by atoms with Crippen LogP contribution in [-0.2, 0) is 20.9 Å². The van der Waals surface area contributed by atoms with Crippen molar-refractivity contribution >= 4 is 35.4 Å². The fraction of sp³-hybridized carbons (Fsp3) is 0.211. The minimum Gasteiger partial charge on any atom is -0.495 e. The van der Waals surface area contributed by atoms with E-state index >= 15 is 0 Å². The van der Waals surface area contributed by atoms with Gasteiger partial charge in [0.2, 0.25) is 12.2 Å². The molecule has 2 aromatic rings. The van der Waals surface area contributed by atoms with Crippen molar-refractivity contribution in [3.05, 3.63) is 59.1 Å². The number of carbonyl (C=O) groups excluding carboxylic acids is 3. The van der Waals surface area contributed by atoms with E-state index in [0.717, 1.165) is 5.56 Å². The zero-order valence-electron chi connectivity index (χ0n) is 14.3. The smallest absolute Gasteiger partial charge is 0.287 e. The molecule has 0 radical (unpaired) electrons. The van der Waals surface area contributed by atoms with Gasteiger partial charge in [0.25, 0.3) is 5.91 Å². The molecule has 0 aliphatic carbocycles. The Morgan fingerprint density at radius 3 is 2.65 bits per heavy atom. The van der Waals surface area contributed by atoms with Crippen molar-refractivity contribution in [1.82, 2.24) is 5.32 Å². The molecule has 0 fully saturated rings. The van der Waals surface area contributed by atoms with Crippen LogP contribution in [0.5, 0.6) is 5.75 Å². The molecule has 2 aromatic carbocycles. The highest BCUT2D eigenvalue weighted by molar-refractivity contribution is 6.36. The summed E-state index contributed by atoms with van der Waals surface area (Å²) in [5, 5.41) is 3.11. The third kappa shape index (κ3) is 5.32. The summed E-state index contributed by atoms with van der Waals surface area (Å²) in [5.41, 5.74) is 1.33. The molecule has 0 aliphatic heterocycles. The summed E-state index contributed by atoms with van der Waals surface area (Å²) in [4.78, 5) is 36.6. The number of Topliss-reactive ketones (excluding diaryl/α,β-unsaturated/α-hetero) is 1. The zero-order valence-corrected chi connectivity index (χ0v) is 15.0. The number of rotatable bonds is 9. The number of nitrogens with one attached hydrogen (secondary N) is 1. The molecular formula is C19H19ClN2O4. The van der Waals surface area contributed by atoms with Gasteiger partial charge in [-0.1, -0.05) is 35.9 Å². The number of halogens is 1. The molecule has 6 nitrogen and oxygen atoms in total. The molecule has 0 aliphatic rings. The van der Waals surface area contributed by atoms with Crippen molar-refractivity contribution in [3.63, 3.8) is 0 Å². The molecule has 2 rings (SSSR count). The first-order valence-corrected chi connectivity index (χ1v) is 8.33. The molecule has 0 saturated heterocycles. The summed E-state index contributed by atoms with van der Waals surface area (Å²) < 4.78 is 5.20. The number of hydrogen-bond donors (Lipinski definition) is 1. The molecule has 136 valence electrons. The second-order valence-electron chi connectivity index (χ2n) is 5.46. The number of amides is 2. The largest absolute Gasteiger partial charge is 0.495 e. The SMILES string of the molecule is COc1ccccc1N(C=O)CCC(=O)C(=O)NCc1cccc(Cl)c1. The van der Waals surface area contributed by atoms with Gasteiger partial charge in [-0.2, -0.15) is 0 Å². The summed E-state index contributed by atoms with van der Waals surface area (Å²) in [5.74, 6) is -0.790. The van der Waals surface area contributed by atoms with Crippen LogP contribution in [-0.4, -0.2) is 31.8 Å². The van der Waals surface area contributed by atoms with Crippen LogP contribution in [0.4, 0.5) is 5.69 Å². The molecule has 26 heavy (non-hydrogen) atoms. The molecule has 0 saturated carbocycles. The first kappa shape index (κ1) is 19.5. The standard InChI is InChI=1S/C19H19ClN2O4/c1-26-18-8-3-2-7-16(18)22(13-23)10-9-17(24)19(25)21-12-14-5-4-6-15(20)11-14/h2-8,11,13H,9-10,12H2,1H3,(H,21,25). The van der Waals surface area contributed by atoms with E-state index in [-0.39, 0.29) is 19.5 Å². The van der Waals surface area contributed by atoms with Gasteiger partial charge in [-0.15, -0.1) is 0 Å². The van der Waals surface area contributed by atoms with Crippen LogP contribution in [0.2, 0.25) is 5.02 Å². The average molecular weight is 375 g/mol. The van der Waals surface area contributed by atoms with Crippen LogP contribution >= 0.6 is 11.6 Å². The maximum Gasteiger partial charge on any atom is 0.287 e. The first-order chi connectivity index (χ1) is 12.5. The Labute approximate surface area is 156 Å². The number of nitrogens with zero attached hydrogens (tertiary/aromatic N) is 1. The van der Waals surface area contributed by atoms with E-state index in [9.17, 15) is 14.4 Å². The molecular weight excluding hydrogens is 356 g/mol. The molecule has 0 heterocycles. The lowest BCUT2D eigenvalue weighted by Crippen LogP contribution is -2.33. The molecule has 7 heteroatoms. The number of carbonyl (C=O) groups is 3. The van der Waals surface area contributed by atoms with Crippen LogP contribution in [0.1, 0.15) is 12.0 Å². The van der Waals surface area contributed by atoms with Crippen LogP contribution in [0.25, 0.3) is 0 Å². The third-order valence-corrected chi connectivity index (χ3v) is 3.93. The Kier molecular flexibility index (Phi) is 7.17. The van der Waals surface area contributed by atoms with Gasteiger partial charge in [0, 0.05) is 24.5 Å². The van der Waals surface area contributed by atoms with E-state index in [1.807, 2.05) is 0 Å².